The van der Waals surface area contributed by atoms with Gasteiger partial charge in [-0.2, -0.15) is 0 Å². The minimum Gasteiger partial charge on any atom is -0.350 e. The molecule has 0 aliphatic heterocycles. The summed E-state index contributed by atoms with van der Waals surface area (Å²) < 4.78 is 0. The van der Waals surface area contributed by atoms with Gasteiger partial charge in [0, 0.05) is 6.42 Å². The summed E-state index contributed by atoms with van der Waals surface area (Å²) in [6, 6.07) is 8.20. The predicted octanol–water partition coefficient (Wildman–Crippen LogP) is 2.30. The lowest BCUT2D eigenvalue weighted by atomic mass is 10.0. The van der Waals surface area contributed by atoms with Crippen LogP contribution in [0.5, 0.6) is 0 Å². The fourth-order valence-electron chi connectivity index (χ4n) is 1.89. The minimum absolute atomic E-state index is 0.0709. The second kappa shape index (κ2) is 7.07. The molecule has 0 aliphatic rings. The van der Waals surface area contributed by atoms with Gasteiger partial charge in [0.1, 0.15) is 0 Å². The summed E-state index contributed by atoms with van der Waals surface area (Å²) in [6.45, 7) is 4.73. The molecule has 1 aromatic rings. The van der Waals surface area contributed by atoms with Crippen molar-refractivity contribution in [3.63, 3.8) is 0 Å². The molecule has 0 radical (unpaired) electrons. The van der Waals surface area contributed by atoms with Crippen LogP contribution < -0.4 is 11.1 Å². The molecule has 0 bridgehead atoms. The standard InChI is InChI=1S/C14H22N2O/c1-11-7-3-4-8-13(11)12(2)16-14(17)9-5-6-10-15/h3-4,7-8,12H,5-6,9-10,15H2,1-2H3,(H,16,17)/t12-/m1/s1. The molecule has 1 atom stereocenters. The van der Waals surface area contributed by atoms with Gasteiger partial charge in [0.2, 0.25) is 5.91 Å². The Morgan fingerprint density at radius 3 is 2.71 bits per heavy atom. The zero-order chi connectivity index (χ0) is 12.7. The smallest absolute Gasteiger partial charge is 0.220 e. The zero-order valence-corrected chi connectivity index (χ0v) is 10.7. The molecule has 0 aliphatic carbocycles. The highest BCUT2D eigenvalue weighted by Gasteiger charge is 2.10. The van der Waals surface area contributed by atoms with Crippen molar-refractivity contribution in [1.29, 1.82) is 0 Å². The van der Waals surface area contributed by atoms with Crippen molar-refractivity contribution in [2.45, 2.75) is 39.2 Å². The van der Waals surface area contributed by atoms with Gasteiger partial charge in [-0.25, -0.2) is 0 Å². The van der Waals surface area contributed by atoms with Gasteiger partial charge in [0.05, 0.1) is 6.04 Å². The molecule has 0 heterocycles. The third kappa shape index (κ3) is 4.57. The number of hydrogen-bond donors (Lipinski definition) is 2. The maximum Gasteiger partial charge on any atom is 0.220 e. The van der Waals surface area contributed by atoms with Crippen molar-refractivity contribution < 1.29 is 4.79 Å². The summed E-state index contributed by atoms with van der Waals surface area (Å²) >= 11 is 0. The van der Waals surface area contributed by atoms with Crippen LogP contribution in [0.2, 0.25) is 0 Å². The first kappa shape index (κ1) is 13.7. The largest absolute Gasteiger partial charge is 0.350 e. The molecule has 3 heteroatoms. The molecule has 3 N–H and O–H groups in total. The summed E-state index contributed by atoms with van der Waals surface area (Å²) in [5, 5.41) is 3.02. The van der Waals surface area contributed by atoms with Crippen LogP contribution in [0.15, 0.2) is 24.3 Å². The Balaban J connectivity index is 2.46. The van der Waals surface area contributed by atoms with Crippen LogP contribution in [0.25, 0.3) is 0 Å². The normalized spacial score (nSPS) is 12.2. The van der Waals surface area contributed by atoms with Crippen molar-refractivity contribution in [3.05, 3.63) is 35.4 Å². The lowest BCUT2D eigenvalue weighted by molar-refractivity contribution is -0.121. The highest BCUT2D eigenvalue weighted by atomic mass is 16.1. The van der Waals surface area contributed by atoms with E-state index in [1.807, 2.05) is 19.1 Å². The Hall–Kier alpha value is -1.35. The Morgan fingerprint density at radius 1 is 1.35 bits per heavy atom. The molecule has 3 nitrogen and oxygen atoms in total. The number of aryl methyl sites for hydroxylation is 1. The number of nitrogens with one attached hydrogen (secondary N) is 1. The monoisotopic (exact) mass is 234 g/mol. The highest BCUT2D eigenvalue weighted by Crippen LogP contribution is 2.16. The molecular formula is C14H22N2O. The molecule has 1 rings (SSSR count). The number of amides is 1. The molecule has 0 saturated carbocycles. The average molecular weight is 234 g/mol. The van der Waals surface area contributed by atoms with Crippen LogP contribution in [0.1, 0.15) is 43.4 Å². The number of rotatable bonds is 6. The third-order valence-electron chi connectivity index (χ3n) is 2.89. The minimum atomic E-state index is 0.0709. The van der Waals surface area contributed by atoms with Crippen molar-refractivity contribution in [2.24, 2.45) is 5.73 Å². The molecule has 1 amide bonds. The second-order valence-corrected chi connectivity index (χ2v) is 4.39. The van der Waals surface area contributed by atoms with Crippen molar-refractivity contribution >= 4 is 5.91 Å². The van der Waals surface area contributed by atoms with E-state index in [0.717, 1.165) is 12.8 Å². The van der Waals surface area contributed by atoms with Gasteiger partial charge in [-0.05, 0) is 44.4 Å². The number of nitrogens with two attached hydrogens (primary N) is 1. The lowest BCUT2D eigenvalue weighted by Crippen LogP contribution is -2.26. The number of carbonyl (C=O) groups excluding carboxylic acids is 1. The van der Waals surface area contributed by atoms with Crippen molar-refractivity contribution in [2.75, 3.05) is 6.54 Å². The number of benzene rings is 1. The molecule has 0 saturated heterocycles. The van der Waals surface area contributed by atoms with Gasteiger partial charge in [-0.3, -0.25) is 4.79 Å². The molecule has 0 fully saturated rings. The fourth-order valence-corrected chi connectivity index (χ4v) is 1.89. The summed E-state index contributed by atoms with van der Waals surface area (Å²) in [7, 11) is 0. The van der Waals surface area contributed by atoms with E-state index >= 15 is 0 Å². The van der Waals surface area contributed by atoms with E-state index < -0.39 is 0 Å². The van der Waals surface area contributed by atoms with Crippen molar-refractivity contribution in [3.8, 4) is 0 Å². The Bertz CT molecular complexity index is 363. The number of unbranched alkanes of at least 4 members (excludes halogenated alkanes) is 1. The molecule has 1 aromatic carbocycles. The second-order valence-electron chi connectivity index (χ2n) is 4.39. The maximum absolute atomic E-state index is 11.7. The molecule has 0 spiro atoms. The summed E-state index contributed by atoms with van der Waals surface area (Å²) in [4.78, 5) is 11.7. The third-order valence-corrected chi connectivity index (χ3v) is 2.89. The van der Waals surface area contributed by atoms with E-state index in [1.54, 1.807) is 0 Å². The van der Waals surface area contributed by atoms with E-state index in [1.165, 1.54) is 11.1 Å². The summed E-state index contributed by atoms with van der Waals surface area (Å²) in [5.41, 5.74) is 7.79. The van der Waals surface area contributed by atoms with Gasteiger partial charge < -0.3 is 11.1 Å². The molecule has 0 unspecified atom stereocenters. The Kier molecular flexibility index (Phi) is 5.70. The van der Waals surface area contributed by atoms with E-state index in [9.17, 15) is 4.79 Å². The van der Waals surface area contributed by atoms with Crippen LogP contribution in [-0.4, -0.2) is 12.5 Å². The van der Waals surface area contributed by atoms with Gasteiger partial charge in [0.15, 0.2) is 0 Å². The van der Waals surface area contributed by atoms with Crippen LogP contribution >= 0.6 is 0 Å². The first-order valence-electron chi connectivity index (χ1n) is 6.20. The Morgan fingerprint density at radius 2 is 2.06 bits per heavy atom. The Labute approximate surface area is 103 Å². The SMILES string of the molecule is Cc1ccccc1[C@@H](C)NC(=O)CCCCN. The number of hydrogen-bond acceptors (Lipinski definition) is 2. The molecule has 0 aromatic heterocycles. The predicted molar refractivity (Wildman–Crippen MR) is 70.6 cm³/mol. The summed E-state index contributed by atoms with van der Waals surface area (Å²) in [6.07, 6.45) is 2.34. The maximum atomic E-state index is 11.7. The van der Waals surface area contributed by atoms with E-state index in [4.69, 9.17) is 5.73 Å². The summed E-state index contributed by atoms with van der Waals surface area (Å²) in [5.74, 6) is 0.106. The topological polar surface area (TPSA) is 55.1 Å². The van der Waals surface area contributed by atoms with Gasteiger partial charge in [-0.15, -0.1) is 0 Å². The van der Waals surface area contributed by atoms with Crippen LogP contribution in [0.3, 0.4) is 0 Å². The molecule has 17 heavy (non-hydrogen) atoms. The quantitative estimate of drug-likeness (QED) is 0.742. The average Bonchev–Trinajstić information content (AvgIpc) is 2.29. The van der Waals surface area contributed by atoms with E-state index in [0.29, 0.717) is 13.0 Å². The van der Waals surface area contributed by atoms with Crippen LogP contribution in [0, 0.1) is 6.92 Å². The number of carbonyl (C=O) groups is 1. The van der Waals surface area contributed by atoms with Crippen molar-refractivity contribution in [1.82, 2.24) is 5.32 Å². The van der Waals surface area contributed by atoms with E-state index in [2.05, 4.69) is 24.4 Å². The first-order valence-corrected chi connectivity index (χ1v) is 6.20. The van der Waals surface area contributed by atoms with Crippen LogP contribution in [-0.2, 0) is 4.79 Å². The van der Waals surface area contributed by atoms with Gasteiger partial charge >= 0.3 is 0 Å². The molecule has 94 valence electrons. The van der Waals surface area contributed by atoms with Crippen LogP contribution in [0.4, 0.5) is 0 Å². The lowest BCUT2D eigenvalue weighted by Gasteiger charge is -2.16. The zero-order valence-electron chi connectivity index (χ0n) is 10.7. The first-order chi connectivity index (χ1) is 8.15. The van der Waals surface area contributed by atoms with E-state index in [-0.39, 0.29) is 11.9 Å². The fraction of sp³-hybridized carbons (Fsp3) is 0.500. The van der Waals surface area contributed by atoms with Gasteiger partial charge in [0.25, 0.3) is 0 Å². The molecular weight excluding hydrogens is 212 g/mol. The van der Waals surface area contributed by atoms with Gasteiger partial charge in [-0.1, -0.05) is 24.3 Å². The highest BCUT2D eigenvalue weighted by molar-refractivity contribution is 5.76.